The predicted molar refractivity (Wildman–Crippen MR) is 93.8 cm³/mol. The molecule has 23 heavy (non-hydrogen) atoms. The molecule has 1 amide bonds. The van der Waals surface area contributed by atoms with E-state index in [4.69, 9.17) is 4.74 Å². The lowest BCUT2D eigenvalue weighted by Gasteiger charge is -2.14. The molecule has 122 valence electrons. The Morgan fingerprint density at radius 2 is 1.87 bits per heavy atom. The van der Waals surface area contributed by atoms with Crippen LogP contribution in [0.25, 0.3) is 0 Å². The number of carbonyl (C=O) groups excluding carboxylic acids is 1. The number of rotatable bonds is 7. The van der Waals surface area contributed by atoms with E-state index in [2.05, 4.69) is 24.4 Å². The molecule has 0 radical (unpaired) electrons. The standard InChI is InChI=1S/C20H25NO2/c1-15-13-18(11-12-19(15)23-3)14-20(22)21-16(2)9-10-17-7-5-4-6-8-17/h4-8,11-13,16H,9-10,14H2,1-3H3,(H,21,22)/t16-/m1/s1. The average Bonchev–Trinajstić information content (AvgIpc) is 2.54. The van der Waals surface area contributed by atoms with E-state index in [1.165, 1.54) is 5.56 Å². The van der Waals surface area contributed by atoms with Gasteiger partial charge in [-0.1, -0.05) is 42.5 Å². The van der Waals surface area contributed by atoms with Gasteiger partial charge in [-0.05, 0) is 49.4 Å². The summed E-state index contributed by atoms with van der Waals surface area (Å²) in [7, 11) is 1.66. The van der Waals surface area contributed by atoms with Gasteiger partial charge in [-0.15, -0.1) is 0 Å². The van der Waals surface area contributed by atoms with Crippen LogP contribution in [0.4, 0.5) is 0 Å². The van der Waals surface area contributed by atoms with Crippen molar-refractivity contribution in [2.75, 3.05) is 7.11 Å². The molecule has 0 aliphatic carbocycles. The SMILES string of the molecule is COc1ccc(CC(=O)N[C@H](C)CCc2ccccc2)cc1C. The molecule has 0 fully saturated rings. The van der Waals surface area contributed by atoms with Gasteiger partial charge in [0.2, 0.25) is 5.91 Å². The zero-order valence-electron chi connectivity index (χ0n) is 14.1. The highest BCUT2D eigenvalue weighted by Crippen LogP contribution is 2.18. The van der Waals surface area contributed by atoms with Crippen molar-refractivity contribution < 1.29 is 9.53 Å². The minimum atomic E-state index is 0.0649. The summed E-state index contributed by atoms with van der Waals surface area (Å²) in [5, 5.41) is 3.08. The molecule has 2 aromatic carbocycles. The molecular weight excluding hydrogens is 286 g/mol. The molecule has 2 rings (SSSR count). The van der Waals surface area contributed by atoms with E-state index in [0.29, 0.717) is 6.42 Å². The number of ether oxygens (including phenoxy) is 1. The first kappa shape index (κ1) is 17.1. The van der Waals surface area contributed by atoms with Crippen LogP contribution in [0.2, 0.25) is 0 Å². The lowest BCUT2D eigenvalue weighted by Crippen LogP contribution is -2.34. The van der Waals surface area contributed by atoms with Gasteiger partial charge in [-0.25, -0.2) is 0 Å². The topological polar surface area (TPSA) is 38.3 Å². The van der Waals surface area contributed by atoms with Crippen LogP contribution in [0.5, 0.6) is 5.75 Å². The Morgan fingerprint density at radius 3 is 2.52 bits per heavy atom. The van der Waals surface area contributed by atoms with Gasteiger partial charge >= 0.3 is 0 Å². The predicted octanol–water partition coefficient (Wildman–Crippen LogP) is 3.68. The monoisotopic (exact) mass is 311 g/mol. The number of nitrogens with one attached hydrogen (secondary N) is 1. The van der Waals surface area contributed by atoms with Gasteiger partial charge in [0.15, 0.2) is 0 Å². The normalized spacial score (nSPS) is 11.8. The van der Waals surface area contributed by atoms with Gasteiger partial charge in [-0.3, -0.25) is 4.79 Å². The molecule has 1 atom stereocenters. The molecule has 0 heterocycles. The second-order valence-corrected chi connectivity index (χ2v) is 5.97. The lowest BCUT2D eigenvalue weighted by atomic mass is 10.1. The summed E-state index contributed by atoms with van der Waals surface area (Å²) in [4.78, 5) is 12.2. The van der Waals surface area contributed by atoms with Crippen LogP contribution in [-0.4, -0.2) is 19.1 Å². The van der Waals surface area contributed by atoms with Gasteiger partial charge in [0.25, 0.3) is 0 Å². The Kier molecular flexibility index (Phi) is 6.21. The third-order valence-corrected chi connectivity index (χ3v) is 3.94. The smallest absolute Gasteiger partial charge is 0.224 e. The summed E-state index contributed by atoms with van der Waals surface area (Å²) in [6.07, 6.45) is 2.32. The fourth-order valence-electron chi connectivity index (χ4n) is 2.66. The van der Waals surface area contributed by atoms with E-state index < -0.39 is 0 Å². The fourth-order valence-corrected chi connectivity index (χ4v) is 2.66. The van der Waals surface area contributed by atoms with E-state index in [-0.39, 0.29) is 11.9 Å². The zero-order chi connectivity index (χ0) is 16.7. The fraction of sp³-hybridized carbons (Fsp3) is 0.350. The summed E-state index contributed by atoms with van der Waals surface area (Å²) in [5.74, 6) is 0.917. The van der Waals surface area contributed by atoms with Gasteiger partial charge in [0, 0.05) is 6.04 Å². The Morgan fingerprint density at radius 1 is 1.13 bits per heavy atom. The number of benzene rings is 2. The average molecular weight is 311 g/mol. The second-order valence-electron chi connectivity index (χ2n) is 5.97. The molecular formula is C20H25NO2. The van der Waals surface area contributed by atoms with Crippen LogP contribution in [0.1, 0.15) is 30.0 Å². The molecule has 3 nitrogen and oxygen atoms in total. The van der Waals surface area contributed by atoms with Crippen molar-refractivity contribution in [2.24, 2.45) is 0 Å². The third-order valence-electron chi connectivity index (χ3n) is 3.94. The molecule has 0 saturated carbocycles. The van der Waals surface area contributed by atoms with Crippen LogP contribution >= 0.6 is 0 Å². The molecule has 0 bridgehead atoms. The number of amides is 1. The maximum absolute atomic E-state index is 12.2. The molecule has 0 aliphatic rings. The minimum absolute atomic E-state index is 0.0649. The van der Waals surface area contributed by atoms with Crippen molar-refractivity contribution in [2.45, 2.75) is 39.2 Å². The first-order valence-corrected chi connectivity index (χ1v) is 8.05. The van der Waals surface area contributed by atoms with E-state index in [9.17, 15) is 4.79 Å². The van der Waals surface area contributed by atoms with Crippen molar-refractivity contribution in [1.82, 2.24) is 5.32 Å². The van der Waals surface area contributed by atoms with E-state index in [1.807, 2.05) is 43.3 Å². The third kappa shape index (κ3) is 5.44. The summed E-state index contributed by atoms with van der Waals surface area (Å²) < 4.78 is 5.24. The van der Waals surface area contributed by atoms with Crippen LogP contribution in [-0.2, 0) is 17.6 Å². The Balaban J connectivity index is 1.80. The van der Waals surface area contributed by atoms with Crippen molar-refractivity contribution >= 4 is 5.91 Å². The Bertz CT molecular complexity index is 637. The van der Waals surface area contributed by atoms with Crippen LogP contribution in [0.3, 0.4) is 0 Å². The van der Waals surface area contributed by atoms with Gasteiger partial charge in [-0.2, -0.15) is 0 Å². The van der Waals surface area contributed by atoms with Crippen LogP contribution < -0.4 is 10.1 Å². The highest BCUT2D eigenvalue weighted by molar-refractivity contribution is 5.78. The molecule has 1 N–H and O–H groups in total. The van der Waals surface area contributed by atoms with Gasteiger partial charge in [0.1, 0.15) is 5.75 Å². The first-order chi connectivity index (χ1) is 11.1. The van der Waals surface area contributed by atoms with E-state index >= 15 is 0 Å². The number of hydrogen-bond donors (Lipinski definition) is 1. The van der Waals surface area contributed by atoms with Gasteiger partial charge < -0.3 is 10.1 Å². The number of hydrogen-bond acceptors (Lipinski definition) is 2. The maximum atomic E-state index is 12.2. The summed E-state index contributed by atoms with van der Waals surface area (Å²) >= 11 is 0. The Hall–Kier alpha value is -2.29. The largest absolute Gasteiger partial charge is 0.496 e. The molecule has 0 spiro atoms. The highest BCUT2D eigenvalue weighted by Gasteiger charge is 2.09. The quantitative estimate of drug-likeness (QED) is 0.847. The van der Waals surface area contributed by atoms with E-state index in [0.717, 1.165) is 29.7 Å². The number of methoxy groups -OCH3 is 1. The zero-order valence-corrected chi connectivity index (χ0v) is 14.1. The lowest BCUT2D eigenvalue weighted by molar-refractivity contribution is -0.121. The molecule has 0 aliphatic heterocycles. The molecule has 0 saturated heterocycles. The Labute approximate surface area is 138 Å². The van der Waals surface area contributed by atoms with Gasteiger partial charge in [0.05, 0.1) is 13.5 Å². The molecule has 2 aromatic rings. The van der Waals surface area contributed by atoms with Crippen LogP contribution in [0.15, 0.2) is 48.5 Å². The molecule has 0 unspecified atom stereocenters. The van der Waals surface area contributed by atoms with Crippen molar-refractivity contribution in [3.8, 4) is 5.75 Å². The second kappa shape index (κ2) is 8.37. The first-order valence-electron chi connectivity index (χ1n) is 8.05. The van der Waals surface area contributed by atoms with Crippen LogP contribution in [0, 0.1) is 6.92 Å². The number of aryl methyl sites for hydroxylation is 2. The molecule has 3 heteroatoms. The van der Waals surface area contributed by atoms with Crippen molar-refractivity contribution in [3.63, 3.8) is 0 Å². The van der Waals surface area contributed by atoms with Crippen molar-refractivity contribution in [3.05, 3.63) is 65.2 Å². The summed E-state index contributed by atoms with van der Waals surface area (Å²) in [6.45, 7) is 4.04. The summed E-state index contributed by atoms with van der Waals surface area (Å²) in [5.41, 5.74) is 3.37. The van der Waals surface area contributed by atoms with Crippen molar-refractivity contribution in [1.29, 1.82) is 0 Å². The highest BCUT2D eigenvalue weighted by atomic mass is 16.5. The maximum Gasteiger partial charge on any atom is 0.224 e. The minimum Gasteiger partial charge on any atom is -0.496 e. The van der Waals surface area contributed by atoms with E-state index in [1.54, 1.807) is 7.11 Å². The molecule has 0 aromatic heterocycles. The number of carbonyl (C=O) groups is 1. The summed E-state index contributed by atoms with van der Waals surface area (Å²) in [6, 6.07) is 16.4.